The molecule has 0 aliphatic heterocycles. The van der Waals surface area contributed by atoms with Crippen LogP contribution in [-0.4, -0.2) is 9.97 Å². The van der Waals surface area contributed by atoms with Crippen molar-refractivity contribution in [3.05, 3.63) is 51.3 Å². The Labute approximate surface area is 120 Å². The molecule has 0 saturated heterocycles. The first kappa shape index (κ1) is 13.5. The smallest absolute Gasteiger partial charge is 0.220 e. The summed E-state index contributed by atoms with van der Waals surface area (Å²) in [6.07, 6.45) is 1.25. The zero-order valence-corrected chi connectivity index (χ0v) is 12.1. The van der Waals surface area contributed by atoms with Gasteiger partial charge in [-0.3, -0.25) is 0 Å². The molecule has 2 N–H and O–H groups in total. The van der Waals surface area contributed by atoms with Crippen LogP contribution in [0.15, 0.2) is 28.7 Å². The summed E-state index contributed by atoms with van der Waals surface area (Å²) in [5, 5.41) is 9.27. The molecule has 1 heterocycles. The van der Waals surface area contributed by atoms with Gasteiger partial charge in [-0.15, -0.1) is 0 Å². The summed E-state index contributed by atoms with van der Waals surface area (Å²) in [6, 6.07) is 10.1. The number of halogens is 1. The summed E-state index contributed by atoms with van der Waals surface area (Å²) < 4.78 is 1.02. The maximum atomic E-state index is 9.27. The average molecular weight is 317 g/mol. The third kappa shape index (κ3) is 3.09. The van der Waals surface area contributed by atoms with Gasteiger partial charge in [0.15, 0.2) is 0 Å². The topological polar surface area (TPSA) is 75.6 Å². The van der Waals surface area contributed by atoms with Crippen molar-refractivity contribution in [2.75, 3.05) is 5.73 Å². The molecule has 0 bridgehead atoms. The van der Waals surface area contributed by atoms with Crippen LogP contribution in [0.5, 0.6) is 0 Å². The van der Waals surface area contributed by atoms with E-state index in [2.05, 4.69) is 32.0 Å². The highest BCUT2D eigenvalue weighted by Crippen LogP contribution is 2.18. The Morgan fingerprint density at radius 3 is 2.42 bits per heavy atom. The predicted molar refractivity (Wildman–Crippen MR) is 77.5 cm³/mol. The first-order valence-electron chi connectivity index (χ1n) is 5.93. The van der Waals surface area contributed by atoms with Crippen molar-refractivity contribution in [3.63, 3.8) is 0 Å². The van der Waals surface area contributed by atoms with E-state index in [9.17, 15) is 5.26 Å². The number of hydrogen-bond donors (Lipinski definition) is 1. The van der Waals surface area contributed by atoms with Gasteiger partial charge in [0.1, 0.15) is 6.07 Å². The third-order valence-corrected chi connectivity index (χ3v) is 3.34. The maximum absolute atomic E-state index is 9.27. The second-order valence-electron chi connectivity index (χ2n) is 4.12. The van der Waals surface area contributed by atoms with Gasteiger partial charge < -0.3 is 5.73 Å². The molecule has 1 aromatic carbocycles. The van der Waals surface area contributed by atoms with Crippen LogP contribution in [0.25, 0.3) is 0 Å². The molecule has 4 nitrogen and oxygen atoms in total. The number of rotatable bonds is 3. The second-order valence-corrected chi connectivity index (χ2v) is 5.03. The van der Waals surface area contributed by atoms with Gasteiger partial charge >= 0.3 is 0 Å². The second kappa shape index (κ2) is 5.81. The number of nitriles is 1. The Bertz CT molecular complexity index is 629. The summed E-state index contributed by atoms with van der Waals surface area (Å²) in [6.45, 7) is 1.95. The molecular formula is C14H13BrN4. The Hall–Kier alpha value is -1.93. The summed E-state index contributed by atoms with van der Waals surface area (Å²) in [5.74, 6) is 0.225. The Morgan fingerprint density at radius 1 is 1.21 bits per heavy atom. The van der Waals surface area contributed by atoms with E-state index in [0.717, 1.165) is 10.0 Å². The molecular weight excluding hydrogens is 304 g/mol. The summed E-state index contributed by atoms with van der Waals surface area (Å²) in [7, 11) is 0. The van der Waals surface area contributed by atoms with E-state index in [-0.39, 0.29) is 5.95 Å². The first-order valence-corrected chi connectivity index (χ1v) is 6.73. The summed E-state index contributed by atoms with van der Waals surface area (Å²) in [5.41, 5.74) is 8.72. The lowest BCUT2D eigenvalue weighted by Crippen LogP contribution is -2.07. The highest BCUT2D eigenvalue weighted by atomic mass is 79.9. The van der Waals surface area contributed by atoms with E-state index in [4.69, 9.17) is 5.73 Å². The quantitative estimate of drug-likeness (QED) is 0.944. The van der Waals surface area contributed by atoms with E-state index >= 15 is 0 Å². The Kier molecular flexibility index (Phi) is 4.13. The van der Waals surface area contributed by atoms with Crippen LogP contribution < -0.4 is 5.73 Å². The van der Waals surface area contributed by atoms with Gasteiger partial charge in [-0.25, -0.2) is 9.97 Å². The molecule has 2 rings (SSSR count). The van der Waals surface area contributed by atoms with Crippen LogP contribution >= 0.6 is 15.9 Å². The number of aromatic nitrogens is 2. The first-order chi connectivity index (χ1) is 9.13. The molecule has 0 amide bonds. The van der Waals surface area contributed by atoms with Crippen molar-refractivity contribution in [1.82, 2.24) is 9.97 Å². The van der Waals surface area contributed by atoms with Gasteiger partial charge in [-0.1, -0.05) is 35.0 Å². The van der Waals surface area contributed by atoms with Gasteiger partial charge in [0.25, 0.3) is 0 Å². The lowest BCUT2D eigenvalue weighted by atomic mass is 10.0. The number of aryl methyl sites for hydroxylation is 1. The van der Waals surface area contributed by atoms with Crippen molar-refractivity contribution >= 4 is 21.9 Å². The number of benzene rings is 1. The SMILES string of the molecule is CCc1nc(N)nc(Cc2ccc(Br)cc2)c1C#N. The lowest BCUT2D eigenvalue weighted by molar-refractivity contribution is 0.947. The monoisotopic (exact) mass is 316 g/mol. The normalized spacial score (nSPS) is 10.2. The molecule has 1 aromatic heterocycles. The zero-order chi connectivity index (χ0) is 13.8. The van der Waals surface area contributed by atoms with Crippen LogP contribution in [0.4, 0.5) is 5.95 Å². The van der Waals surface area contributed by atoms with Gasteiger partial charge in [-0.2, -0.15) is 5.26 Å². The fourth-order valence-electron chi connectivity index (χ4n) is 1.89. The van der Waals surface area contributed by atoms with Crippen molar-refractivity contribution in [2.45, 2.75) is 19.8 Å². The number of nitrogens with two attached hydrogens (primary N) is 1. The van der Waals surface area contributed by atoms with Crippen LogP contribution in [0, 0.1) is 11.3 Å². The van der Waals surface area contributed by atoms with E-state index in [1.54, 1.807) is 0 Å². The Balaban J connectivity index is 2.42. The molecule has 0 radical (unpaired) electrons. The van der Waals surface area contributed by atoms with Gasteiger partial charge in [0, 0.05) is 10.9 Å². The fourth-order valence-corrected chi connectivity index (χ4v) is 2.15. The van der Waals surface area contributed by atoms with Gasteiger partial charge in [0.05, 0.1) is 17.0 Å². The van der Waals surface area contributed by atoms with E-state index in [0.29, 0.717) is 29.8 Å². The van der Waals surface area contributed by atoms with Crippen molar-refractivity contribution < 1.29 is 0 Å². The predicted octanol–water partition coefficient (Wildman–Crippen LogP) is 2.85. The molecule has 19 heavy (non-hydrogen) atoms. The number of nitrogen functional groups attached to an aromatic ring is 1. The Morgan fingerprint density at radius 2 is 1.84 bits per heavy atom. The van der Waals surface area contributed by atoms with E-state index < -0.39 is 0 Å². The molecule has 0 spiro atoms. The standard InChI is InChI=1S/C14H13BrN4/c1-2-12-11(8-16)13(19-14(17)18-12)7-9-3-5-10(15)6-4-9/h3-6H,2,7H2,1H3,(H2,17,18,19). The lowest BCUT2D eigenvalue weighted by Gasteiger charge is -2.08. The molecule has 0 unspecified atom stereocenters. The van der Waals surface area contributed by atoms with Gasteiger partial charge in [0.2, 0.25) is 5.95 Å². The molecule has 2 aromatic rings. The largest absolute Gasteiger partial charge is 0.368 e. The maximum Gasteiger partial charge on any atom is 0.220 e. The third-order valence-electron chi connectivity index (χ3n) is 2.81. The minimum Gasteiger partial charge on any atom is -0.368 e. The molecule has 0 fully saturated rings. The molecule has 0 aliphatic rings. The highest BCUT2D eigenvalue weighted by Gasteiger charge is 2.12. The van der Waals surface area contributed by atoms with Crippen molar-refractivity contribution in [3.8, 4) is 6.07 Å². The van der Waals surface area contributed by atoms with Crippen molar-refractivity contribution in [1.29, 1.82) is 5.26 Å². The van der Waals surface area contributed by atoms with E-state index in [1.165, 1.54) is 0 Å². The van der Waals surface area contributed by atoms with Crippen molar-refractivity contribution in [2.24, 2.45) is 0 Å². The van der Waals surface area contributed by atoms with E-state index in [1.807, 2.05) is 31.2 Å². The van der Waals surface area contributed by atoms with Gasteiger partial charge in [-0.05, 0) is 24.1 Å². The molecule has 0 saturated carbocycles. The van der Waals surface area contributed by atoms with Crippen LogP contribution in [0.2, 0.25) is 0 Å². The minimum absolute atomic E-state index is 0.225. The summed E-state index contributed by atoms with van der Waals surface area (Å²) >= 11 is 3.40. The molecule has 0 atom stereocenters. The average Bonchev–Trinajstić information content (AvgIpc) is 2.40. The highest BCUT2D eigenvalue weighted by molar-refractivity contribution is 9.10. The number of nitrogens with zero attached hydrogens (tertiary/aromatic N) is 3. The number of anilines is 1. The van der Waals surface area contributed by atoms with Crippen LogP contribution in [0.3, 0.4) is 0 Å². The summed E-state index contributed by atoms with van der Waals surface area (Å²) in [4.78, 5) is 8.32. The minimum atomic E-state index is 0.225. The molecule has 96 valence electrons. The number of hydrogen-bond acceptors (Lipinski definition) is 4. The fraction of sp³-hybridized carbons (Fsp3) is 0.214. The van der Waals surface area contributed by atoms with Crippen LogP contribution in [-0.2, 0) is 12.8 Å². The molecule has 5 heteroatoms. The van der Waals surface area contributed by atoms with Crippen LogP contribution in [0.1, 0.15) is 29.4 Å². The molecule has 0 aliphatic carbocycles. The zero-order valence-electron chi connectivity index (χ0n) is 10.5.